The Morgan fingerprint density at radius 1 is 1.33 bits per heavy atom. The molecule has 1 aromatic rings. The molecule has 3 nitrogen and oxygen atoms in total. The third kappa shape index (κ3) is 1.82. The number of carbonyl (C=O) groups is 1. The molecule has 0 fully saturated rings. The first-order chi connectivity index (χ1) is 7.24. The lowest BCUT2D eigenvalue weighted by Gasteiger charge is -2.21. The van der Waals surface area contributed by atoms with Gasteiger partial charge in [-0.1, -0.05) is 0 Å². The maximum Gasteiger partial charge on any atom is 0.228 e. The lowest BCUT2D eigenvalue weighted by molar-refractivity contribution is -0.115. The van der Waals surface area contributed by atoms with Crippen molar-refractivity contribution in [2.75, 3.05) is 23.3 Å². The molecule has 0 aromatic heterocycles. The van der Waals surface area contributed by atoms with Crippen molar-refractivity contribution in [3.8, 4) is 0 Å². The van der Waals surface area contributed by atoms with Crippen molar-refractivity contribution < 1.29 is 4.79 Å². The van der Waals surface area contributed by atoms with Crippen molar-refractivity contribution in [2.24, 2.45) is 0 Å². The number of hydrogen-bond acceptors (Lipinski definition) is 2. The number of rotatable bonds is 3. The first-order valence-corrected chi connectivity index (χ1v) is 5.42. The van der Waals surface area contributed by atoms with Gasteiger partial charge in [-0.2, -0.15) is 0 Å². The minimum atomic E-state index is 0.0988. The summed E-state index contributed by atoms with van der Waals surface area (Å²) in [4.78, 5) is 13.5. The average Bonchev–Trinajstić information content (AvgIpc) is 2.59. The van der Waals surface area contributed by atoms with E-state index in [1.807, 2.05) is 6.07 Å². The Kier molecular flexibility index (Phi) is 2.62. The Labute approximate surface area is 90.1 Å². The molecule has 0 aliphatic carbocycles. The molecule has 0 bridgehead atoms. The molecule has 0 radical (unpaired) electrons. The van der Waals surface area contributed by atoms with Crippen LogP contribution in [0.15, 0.2) is 18.2 Å². The molecule has 0 atom stereocenters. The van der Waals surface area contributed by atoms with Crippen molar-refractivity contribution in [2.45, 2.75) is 20.3 Å². The quantitative estimate of drug-likeness (QED) is 0.817. The maximum absolute atomic E-state index is 11.2. The van der Waals surface area contributed by atoms with E-state index in [9.17, 15) is 4.79 Å². The number of fused-ring (bicyclic) bond motifs is 1. The highest BCUT2D eigenvalue weighted by molar-refractivity contribution is 5.99. The molecule has 1 amide bonds. The van der Waals surface area contributed by atoms with Crippen molar-refractivity contribution in [1.29, 1.82) is 0 Å². The Bertz CT molecular complexity index is 383. The van der Waals surface area contributed by atoms with Gasteiger partial charge in [-0.05, 0) is 37.6 Å². The molecule has 1 aliphatic rings. The van der Waals surface area contributed by atoms with E-state index in [0.29, 0.717) is 6.42 Å². The zero-order valence-electron chi connectivity index (χ0n) is 9.21. The van der Waals surface area contributed by atoms with E-state index in [0.717, 1.165) is 24.3 Å². The van der Waals surface area contributed by atoms with Gasteiger partial charge in [0, 0.05) is 24.5 Å². The predicted molar refractivity (Wildman–Crippen MR) is 62.3 cm³/mol. The molecular weight excluding hydrogens is 188 g/mol. The molecule has 1 heterocycles. The summed E-state index contributed by atoms with van der Waals surface area (Å²) in [5, 5.41) is 2.84. The average molecular weight is 204 g/mol. The summed E-state index contributed by atoms with van der Waals surface area (Å²) >= 11 is 0. The molecule has 3 heteroatoms. The summed E-state index contributed by atoms with van der Waals surface area (Å²) in [5.74, 6) is 0.0988. The van der Waals surface area contributed by atoms with Gasteiger partial charge in [0.05, 0.1) is 6.42 Å². The molecule has 0 unspecified atom stereocenters. The Balaban J connectivity index is 2.30. The second-order valence-electron chi connectivity index (χ2n) is 3.74. The van der Waals surface area contributed by atoms with E-state index >= 15 is 0 Å². The van der Waals surface area contributed by atoms with E-state index in [4.69, 9.17) is 0 Å². The number of amides is 1. The fourth-order valence-electron chi connectivity index (χ4n) is 2.00. The van der Waals surface area contributed by atoms with Crippen molar-refractivity contribution in [3.05, 3.63) is 23.8 Å². The number of nitrogens with zero attached hydrogens (tertiary/aromatic N) is 1. The number of nitrogens with one attached hydrogen (secondary N) is 1. The zero-order valence-corrected chi connectivity index (χ0v) is 9.21. The van der Waals surface area contributed by atoms with Crippen LogP contribution in [0, 0.1) is 0 Å². The third-order valence-electron chi connectivity index (χ3n) is 2.84. The molecule has 0 saturated carbocycles. The molecule has 0 saturated heterocycles. The Morgan fingerprint density at radius 2 is 2.07 bits per heavy atom. The SMILES string of the molecule is CCN(CC)c1ccc2c(c1)CC(=O)N2. The topological polar surface area (TPSA) is 32.3 Å². The van der Waals surface area contributed by atoms with Gasteiger partial charge in [0.15, 0.2) is 0 Å². The van der Waals surface area contributed by atoms with Gasteiger partial charge in [-0.15, -0.1) is 0 Å². The molecule has 0 spiro atoms. The van der Waals surface area contributed by atoms with E-state index in [1.54, 1.807) is 0 Å². The van der Waals surface area contributed by atoms with E-state index < -0.39 is 0 Å². The molecular formula is C12H16N2O. The lowest BCUT2D eigenvalue weighted by Crippen LogP contribution is -2.21. The number of carbonyl (C=O) groups excluding carboxylic acids is 1. The normalized spacial score (nSPS) is 13.6. The molecule has 1 aliphatic heterocycles. The lowest BCUT2D eigenvalue weighted by atomic mass is 10.1. The van der Waals surface area contributed by atoms with Crippen LogP contribution in [0.1, 0.15) is 19.4 Å². The van der Waals surface area contributed by atoms with Crippen LogP contribution >= 0.6 is 0 Å². The van der Waals surface area contributed by atoms with Crippen LogP contribution < -0.4 is 10.2 Å². The summed E-state index contributed by atoms with van der Waals surface area (Å²) in [5.41, 5.74) is 3.29. The monoisotopic (exact) mass is 204 g/mol. The standard InChI is InChI=1S/C12H16N2O/c1-3-14(4-2)10-5-6-11-9(7-10)8-12(15)13-11/h5-7H,3-4,8H2,1-2H3,(H,13,15). The summed E-state index contributed by atoms with van der Waals surface area (Å²) in [6.45, 7) is 6.27. The summed E-state index contributed by atoms with van der Waals surface area (Å²) in [6, 6.07) is 6.17. The van der Waals surface area contributed by atoms with Crippen LogP contribution in [0.4, 0.5) is 11.4 Å². The molecule has 2 rings (SSSR count). The van der Waals surface area contributed by atoms with Crippen LogP contribution in [-0.4, -0.2) is 19.0 Å². The highest BCUT2D eigenvalue weighted by Gasteiger charge is 2.18. The first kappa shape index (κ1) is 10.0. The molecule has 1 aromatic carbocycles. The number of hydrogen-bond donors (Lipinski definition) is 1. The van der Waals surface area contributed by atoms with Gasteiger partial charge < -0.3 is 10.2 Å². The van der Waals surface area contributed by atoms with Gasteiger partial charge in [0.25, 0.3) is 0 Å². The molecule has 1 N–H and O–H groups in total. The largest absolute Gasteiger partial charge is 0.372 e. The number of anilines is 2. The smallest absolute Gasteiger partial charge is 0.228 e. The van der Waals surface area contributed by atoms with E-state index in [2.05, 4.69) is 36.2 Å². The van der Waals surface area contributed by atoms with Gasteiger partial charge in [0.2, 0.25) is 5.91 Å². The number of benzene rings is 1. The Morgan fingerprint density at radius 3 is 2.73 bits per heavy atom. The van der Waals surface area contributed by atoms with Gasteiger partial charge in [0.1, 0.15) is 0 Å². The highest BCUT2D eigenvalue weighted by Crippen LogP contribution is 2.27. The van der Waals surface area contributed by atoms with Crippen molar-refractivity contribution in [1.82, 2.24) is 0 Å². The first-order valence-electron chi connectivity index (χ1n) is 5.42. The van der Waals surface area contributed by atoms with E-state index in [-0.39, 0.29) is 5.91 Å². The summed E-state index contributed by atoms with van der Waals surface area (Å²) in [6.07, 6.45) is 0.518. The summed E-state index contributed by atoms with van der Waals surface area (Å²) in [7, 11) is 0. The van der Waals surface area contributed by atoms with Crippen molar-refractivity contribution >= 4 is 17.3 Å². The zero-order chi connectivity index (χ0) is 10.8. The molecule has 15 heavy (non-hydrogen) atoms. The van der Waals surface area contributed by atoms with Crippen LogP contribution in [0.2, 0.25) is 0 Å². The van der Waals surface area contributed by atoms with Crippen molar-refractivity contribution in [3.63, 3.8) is 0 Å². The van der Waals surface area contributed by atoms with Crippen LogP contribution in [0.25, 0.3) is 0 Å². The fraction of sp³-hybridized carbons (Fsp3) is 0.417. The third-order valence-corrected chi connectivity index (χ3v) is 2.84. The predicted octanol–water partition coefficient (Wildman–Crippen LogP) is 2.03. The highest BCUT2D eigenvalue weighted by atomic mass is 16.1. The minimum absolute atomic E-state index is 0.0988. The van der Waals surface area contributed by atoms with Gasteiger partial charge in [-0.25, -0.2) is 0 Å². The van der Waals surface area contributed by atoms with Gasteiger partial charge in [-0.3, -0.25) is 4.79 Å². The van der Waals surface area contributed by atoms with E-state index in [1.165, 1.54) is 5.69 Å². The van der Waals surface area contributed by atoms with Crippen LogP contribution in [0.5, 0.6) is 0 Å². The van der Waals surface area contributed by atoms with Crippen LogP contribution in [-0.2, 0) is 11.2 Å². The van der Waals surface area contributed by atoms with Gasteiger partial charge >= 0.3 is 0 Å². The summed E-state index contributed by atoms with van der Waals surface area (Å²) < 4.78 is 0. The Hall–Kier alpha value is -1.51. The fourth-order valence-corrected chi connectivity index (χ4v) is 2.00. The molecule has 80 valence electrons. The minimum Gasteiger partial charge on any atom is -0.372 e. The second kappa shape index (κ2) is 3.93. The maximum atomic E-state index is 11.2. The van der Waals surface area contributed by atoms with Crippen LogP contribution in [0.3, 0.4) is 0 Å². The second-order valence-corrected chi connectivity index (χ2v) is 3.74.